The number of hydrogen-bond acceptors (Lipinski definition) is 6. The molecular formula is C20H27ClN6. The van der Waals surface area contributed by atoms with Gasteiger partial charge >= 0.3 is 0 Å². The molecular weight excluding hydrogens is 360 g/mol. The van der Waals surface area contributed by atoms with Crippen LogP contribution in [0.2, 0.25) is 5.02 Å². The van der Waals surface area contributed by atoms with E-state index >= 15 is 0 Å². The number of hydrogen-bond donors (Lipinski definition) is 0. The average Bonchev–Trinajstić information content (AvgIpc) is 2.74. The molecule has 3 heterocycles. The lowest BCUT2D eigenvalue weighted by Crippen LogP contribution is -2.48. The molecule has 0 bridgehead atoms. The Balaban J connectivity index is 1.39. The second-order valence-electron chi connectivity index (χ2n) is 7.09. The summed E-state index contributed by atoms with van der Waals surface area (Å²) in [5, 5.41) is 0.786. The molecule has 2 aromatic rings. The van der Waals surface area contributed by atoms with E-state index in [4.69, 9.17) is 16.6 Å². The molecule has 0 aliphatic carbocycles. The molecule has 2 saturated heterocycles. The fourth-order valence-corrected chi connectivity index (χ4v) is 3.98. The fourth-order valence-electron chi connectivity index (χ4n) is 3.80. The molecule has 0 saturated carbocycles. The third-order valence-electron chi connectivity index (χ3n) is 5.51. The number of halogens is 1. The summed E-state index contributed by atoms with van der Waals surface area (Å²) >= 11 is 6.13. The predicted octanol–water partition coefficient (Wildman–Crippen LogP) is 2.60. The van der Waals surface area contributed by atoms with Gasteiger partial charge in [0.2, 0.25) is 5.95 Å². The molecule has 27 heavy (non-hydrogen) atoms. The molecule has 2 fully saturated rings. The van der Waals surface area contributed by atoms with Gasteiger partial charge in [-0.3, -0.25) is 0 Å². The first-order valence-corrected chi connectivity index (χ1v) is 10.2. The standard InChI is InChI=1S/C20H27ClN6/c1-2-24-8-10-26(11-9-24)19-6-7-22-20(23-19)27-14-12-25(13-15-27)18-5-3-4-17(21)16-18/h3-7,16H,2,8-15H2,1H3. The van der Waals surface area contributed by atoms with E-state index in [0.717, 1.165) is 75.7 Å². The third-order valence-corrected chi connectivity index (χ3v) is 5.74. The molecule has 6 nitrogen and oxygen atoms in total. The van der Waals surface area contributed by atoms with Crippen molar-refractivity contribution in [3.8, 4) is 0 Å². The Hall–Kier alpha value is -2.05. The molecule has 0 N–H and O–H groups in total. The van der Waals surface area contributed by atoms with Crippen molar-refractivity contribution < 1.29 is 0 Å². The SMILES string of the molecule is CCN1CCN(c2ccnc(N3CCN(c4cccc(Cl)c4)CC3)n2)CC1. The summed E-state index contributed by atoms with van der Waals surface area (Å²) in [6, 6.07) is 10.1. The number of anilines is 3. The number of likely N-dealkylation sites (N-methyl/N-ethyl adjacent to an activating group) is 1. The fraction of sp³-hybridized carbons (Fsp3) is 0.500. The number of nitrogens with zero attached hydrogens (tertiary/aromatic N) is 6. The topological polar surface area (TPSA) is 38.7 Å². The van der Waals surface area contributed by atoms with Crippen molar-refractivity contribution in [3.05, 3.63) is 41.6 Å². The second kappa shape index (κ2) is 8.31. The van der Waals surface area contributed by atoms with Gasteiger partial charge in [-0.1, -0.05) is 24.6 Å². The van der Waals surface area contributed by atoms with Gasteiger partial charge in [0, 0.05) is 69.3 Å². The zero-order valence-corrected chi connectivity index (χ0v) is 16.6. The lowest BCUT2D eigenvalue weighted by Gasteiger charge is -2.37. The summed E-state index contributed by atoms with van der Waals surface area (Å²) in [4.78, 5) is 18.9. The molecule has 2 aliphatic rings. The van der Waals surface area contributed by atoms with E-state index in [1.54, 1.807) is 0 Å². The number of benzene rings is 1. The molecule has 2 aliphatic heterocycles. The first kappa shape index (κ1) is 18.3. The Morgan fingerprint density at radius 3 is 2.30 bits per heavy atom. The molecule has 4 rings (SSSR count). The lowest BCUT2D eigenvalue weighted by atomic mass is 10.2. The van der Waals surface area contributed by atoms with Crippen LogP contribution in [0.1, 0.15) is 6.92 Å². The van der Waals surface area contributed by atoms with E-state index < -0.39 is 0 Å². The molecule has 0 radical (unpaired) electrons. The van der Waals surface area contributed by atoms with Crippen molar-refractivity contribution in [1.82, 2.24) is 14.9 Å². The normalized spacial score (nSPS) is 18.8. The smallest absolute Gasteiger partial charge is 0.227 e. The summed E-state index contributed by atoms with van der Waals surface area (Å²) in [6.07, 6.45) is 1.90. The van der Waals surface area contributed by atoms with Gasteiger partial charge in [-0.05, 0) is 30.8 Å². The Kier molecular flexibility index (Phi) is 5.64. The highest BCUT2D eigenvalue weighted by molar-refractivity contribution is 6.30. The van der Waals surface area contributed by atoms with Crippen molar-refractivity contribution in [2.24, 2.45) is 0 Å². The summed E-state index contributed by atoms with van der Waals surface area (Å²) < 4.78 is 0. The number of aromatic nitrogens is 2. The van der Waals surface area contributed by atoms with Gasteiger partial charge in [0.15, 0.2) is 0 Å². The summed E-state index contributed by atoms with van der Waals surface area (Å²) in [5.41, 5.74) is 1.19. The lowest BCUT2D eigenvalue weighted by molar-refractivity contribution is 0.270. The van der Waals surface area contributed by atoms with Gasteiger partial charge in [0.25, 0.3) is 0 Å². The van der Waals surface area contributed by atoms with Crippen LogP contribution in [0.15, 0.2) is 36.5 Å². The maximum Gasteiger partial charge on any atom is 0.227 e. The van der Waals surface area contributed by atoms with E-state index in [1.165, 1.54) is 5.69 Å². The molecule has 0 spiro atoms. The minimum Gasteiger partial charge on any atom is -0.368 e. The minimum atomic E-state index is 0.786. The molecule has 0 unspecified atom stereocenters. The largest absolute Gasteiger partial charge is 0.368 e. The Bertz CT molecular complexity index is 754. The van der Waals surface area contributed by atoms with E-state index in [9.17, 15) is 0 Å². The molecule has 0 atom stereocenters. The van der Waals surface area contributed by atoms with Gasteiger partial charge < -0.3 is 19.6 Å². The second-order valence-corrected chi connectivity index (χ2v) is 7.53. The van der Waals surface area contributed by atoms with Crippen molar-refractivity contribution in [1.29, 1.82) is 0 Å². The van der Waals surface area contributed by atoms with E-state index in [2.05, 4.69) is 37.6 Å². The zero-order valence-electron chi connectivity index (χ0n) is 15.9. The Labute approximate surface area is 166 Å². The van der Waals surface area contributed by atoms with Gasteiger partial charge in [-0.15, -0.1) is 0 Å². The zero-order chi connectivity index (χ0) is 18.6. The molecule has 1 aromatic carbocycles. The summed E-state index contributed by atoms with van der Waals surface area (Å²) in [5.74, 6) is 1.89. The van der Waals surface area contributed by atoms with Crippen LogP contribution < -0.4 is 14.7 Å². The van der Waals surface area contributed by atoms with Crippen LogP contribution in [-0.4, -0.2) is 73.8 Å². The molecule has 144 valence electrons. The summed E-state index contributed by atoms with van der Waals surface area (Å²) in [6.45, 7) is 11.4. The van der Waals surface area contributed by atoms with Crippen LogP contribution in [0.3, 0.4) is 0 Å². The first-order valence-electron chi connectivity index (χ1n) is 9.79. The number of rotatable bonds is 4. The van der Waals surface area contributed by atoms with Crippen molar-refractivity contribution in [2.75, 3.05) is 73.6 Å². The summed E-state index contributed by atoms with van der Waals surface area (Å²) in [7, 11) is 0. The Morgan fingerprint density at radius 1 is 0.889 bits per heavy atom. The minimum absolute atomic E-state index is 0.786. The van der Waals surface area contributed by atoms with E-state index in [-0.39, 0.29) is 0 Å². The Morgan fingerprint density at radius 2 is 1.59 bits per heavy atom. The van der Waals surface area contributed by atoms with E-state index in [1.807, 2.05) is 30.5 Å². The van der Waals surface area contributed by atoms with Crippen LogP contribution in [0.25, 0.3) is 0 Å². The van der Waals surface area contributed by atoms with E-state index in [0.29, 0.717) is 0 Å². The number of piperazine rings is 2. The first-order chi connectivity index (χ1) is 13.2. The highest BCUT2D eigenvalue weighted by Crippen LogP contribution is 2.23. The van der Waals surface area contributed by atoms with Crippen molar-refractivity contribution in [3.63, 3.8) is 0 Å². The van der Waals surface area contributed by atoms with Gasteiger partial charge in [-0.2, -0.15) is 4.98 Å². The molecule has 7 heteroatoms. The van der Waals surface area contributed by atoms with Gasteiger partial charge in [-0.25, -0.2) is 4.98 Å². The maximum absolute atomic E-state index is 6.13. The van der Waals surface area contributed by atoms with Crippen molar-refractivity contribution in [2.45, 2.75) is 6.92 Å². The van der Waals surface area contributed by atoms with Crippen LogP contribution in [-0.2, 0) is 0 Å². The molecule has 1 aromatic heterocycles. The van der Waals surface area contributed by atoms with Crippen LogP contribution in [0.5, 0.6) is 0 Å². The highest BCUT2D eigenvalue weighted by Gasteiger charge is 2.21. The quantitative estimate of drug-likeness (QED) is 0.804. The third kappa shape index (κ3) is 4.28. The predicted molar refractivity (Wildman–Crippen MR) is 112 cm³/mol. The van der Waals surface area contributed by atoms with Gasteiger partial charge in [0.05, 0.1) is 0 Å². The molecule has 0 amide bonds. The monoisotopic (exact) mass is 386 g/mol. The average molecular weight is 387 g/mol. The van der Waals surface area contributed by atoms with Crippen LogP contribution >= 0.6 is 11.6 Å². The van der Waals surface area contributed by atoms with Crippen LogP contribution in [0.4, 0.5) is 17.5 Å². The maximum atomic E-state index is 6.13. The van der Waals surface area contributed by atoms with Gasteiger partial charge in [0.1, 0.15) is 5.82 Å². The van der Waals surface area contributed by atoms with Crippen LogP contribution in [0, 0.1) is 0 Å². The highest BCUT2D eigenvalue weighted by atomic mass is 35.5. The van der Waals surface area contributed by atoms with Crippen molar-refractivity contribution >= 4 is 29.1 Å².